The van der Waals surface area contributed by atoms with E-state index >= 15 is 0 Å². The number of fused-ring (bicyclic) bond motifs is 1. The number of piperidine rings is 1. The van der Waals surface area contributed by atoms with Gasteiger partial charge in [-0.25, -0.2) is 4.98 Å². The van der Waals surface area contributed by atoms with E-state index in [9.17, 15) is 0 Å². The largest absolute Gasteiger partial charge is 0.370 e. The van der Waals surface area contributed by atoms with Crippen molar-refractivity contribution in [2.45, 2.75) is 12.8 Å². The van der Waals surface area contributed by atoms with Crippen LogP contribution in [-0.2, 0) is 0 Å². The molecule has 0 saturated carbocycles. The summed E-state index contributed by atoms with van der Waals surface area (Å²) in [4.78, 5) is 4.74. The molecule has 0 aliphatic carbocycles. The number of rotatable bonds is 4. The van der Waals surface area contributed by atoms with Crippen molar-refractivity contribution in [2.75, 3.05) is 25.0 Å². The van der Waals surface area contributed by atoms with E-state index in [1.807, 2.05) is 34.8 Å². The fourth-order valence-electron chi connectivity index (χ4n) is 3.22. The second-order valence-electron chi connectivity index (χ2n) is 6.33. The number of nitrogens with one attached hydrogen (secondary N) is 2. The zero-order valence-corrected chi connectivity index (χ0v) is 16.0. The first-order chi connectivity index (χ1) is 12.2. The van der Waals surface area contributed by atoms with Crippen LogP contribution < -0.4 is 10.6 Å². The van der Waals surface area contributed by atoms with Crippen LogP contribution in [0.2, 0.25) is 5.02 Å². The third-order valence-electron chi connectivity index (χ3n) is 4.55. The minimum atomic E-state index is 0.625. The van der Waals surface area contributed by atoms with Gasteiger partial charge in [0.1, 0.15) is 5.82 Å². The Kier molecular flexibility index (Phi) is 4.92. The topological polar surface area (TPSA) is 54.2 Å². The molecule has 130 valence electrons. The highest BCUT2D eigenvalue weighted by Crippen LogP contribution is 2.30. The van der Waals surface area contributed by atoms with Crippen molar-refractivity contribution >= 4 is 39.0 Å². The van der Waals surface area contributed by atoms with Gasteiger partial charge in [-0.2, -0.15) is 9.61 Å². The third kappa shape index (κ3) is 3.52. The van der Waals surface area contributed by atoms with Gasteiger partial charge in [0, 0.05) is 23.2 Å². The number of aromatic nitrogens is 3. The first-order valence-electron chi connectivity index (χ1n) is 8.46. The Morgan fingerprint density at radius 2 is 2.24 bits per heavy atom. The Labute approximate surface area is 159 Å². The Morgan fingerprint density at radius 1 is 1.36 bits per heavy atom. The number of anilines is 1. The molecule has 3 aromatic rings. The lowest BCUT2D eigenvalue weighted by atomic mass is 10.00. The molecule has 25 heavy (non-hydrogen) atoms. The predicted octanol–water partition coefficient (Wildman–Crippen LogP) is 4.22. The molecule has 0 radical (unpaired) electrons. The summed E-state index contributed by atoms with van der Waals surface area (Å²) in [5.41, 5.74) is 2.53. The van der Waals surface area contributed by atoms with Crippen LogP contribution in [0.1, 0.15) is 12.8 Å². The Balaban J connectivity index is 1.70. The zero-order valence-electron chi connectivity index (χ0n) is 13.7. The van der Waals surface area contributed by atoms with Crippen LogP contribution in [0.3, 0.4) is 0 Å². The highest BCUT2D eigenvalue weighted by molar-refractivity contribution is 9.10. The van der Waals surface area contributed by atoms with Crippen molar-refractivity contribution in [2.24, 2.45) is 5.92 Å². The molecule has 1 fully saturated rings. The van der Waals surface area contributed by atoms with Crippen molar-refractivity contribution < 1.29 is 0 Å². The van der Waals surface area contributed by atoms with Crippen LogP contribution in [-0.4, -0.2) is 34.2 Å². The first-order valence-corrected chi connectivity index (χ1v) is 9.63. The fraction of sp³-hybridized carbons (Fsp3) is 0.333. The first kappa shape index (κ1) is 16.8. The van der Waals surface area contributed by atoms with E-state index in [1.165, 1.54) is 12.8 Å². The van der Waals surface area contributed by atoms with Gasteiger partial charge in [-0.1, -0.05) is 29.8 Å². The summed E-state index contributed by atoms with van der Waals surface area (Å²) in [7, 11) is 0. The highest BCUT2D eigenvalue weighted by Gasteiger charge is 2.16. The Bertz CT molecular complexity index is 888. The number of hydrogen-bond acceptors (Lipinski definition) is 4. The smallest absolute Gasteiger partial charge is 0.172 e. The van der Waals surface area contributed by atoms with Crippen molar-refractivity contribution in [1.82, 2.24) is 19.9 Å². The maximum Gasteiger partial charge on any atom is 0.172 e. The summed E-state index contributed by atoms with van der Waals surface area (Å²) < 4.78 is 2.70. The fourth-order valence-corrected chi connectivity index (χ4v) is 3.80. The average molecular weight is 421 g/mol. The maximum atomic E-state index is 6.37. The Hall–Kier alpha value is -1.63. The van der Waals surface area contributed by atoms with Gasteiger partial charge in [0.15, 0.2) is 5.65 Å². The van der Waals surface area contributed by atoms with Gasteiger partial charge in [0.05, 0.1) is 16.4 Å². The lowest BCUT2D eigenvalue weighted by Crippen LogP contribution is -2.33. The third-order valence-corrected chi connectivity index (χ3v) is 5.44. The predicted molar refractivity (Wildman–Crippen MR) is 105 cm³/mol. The molecule has 1 aliphatic heterocycles. The molecule has 1 aromatic carbocycles. The molecule has 1 saturated heterocycles. The number of halogens is 2. The quantitative estimate of drug-likeness (QED) is 0.663. The van der Waals surface area contributed by atoms with E-state index in [2.05, 4.69) is 31.7 Å². The molecule has 4 rings (SSSR count). The van der Waals surface area contributed by atoms with Gasteiger partial charge in [-0.15, -0.1) is 0 Å². The number of nitrogens with zero attached hydrogens (tertiary/aromatic N) is 3. The lowest BCUT2D eigenvalue weighted by Gasteiger charge is -2.23. The minimum absolute atomic E-state index is 0.625. The highest BCUT2D eigenvalue weighted by atomic mass is 79.9. The number of hydrogen-bond donors (Lipinski definition) is 2. The molecule has 1 aliphatic rings. The van der Waals surface area contributed by atoms with E-state index in [-0.39, 0.29) is 0 Å². The second kappa shape index (κ2) is 7.32. The Morgan fingerprint density at radius 3 is 3.04 bits per heavy atom. The second-order valence-corrected chi connectivity index (χ2v) is 7.59. The van der Waals surface area contributed by atoms with Gasteiger partial charge in [-0.3, -0.25) is 0 Å². The van der Waals surface area contributed by atoms with Crippen molar-refractivity contribution in [1.29, 1.82) is 0 Å². The van der Waals surface area contributed by atoms with Crippen LogP contribution in [0.4, 0.5) is 5.82 Å². The molecule has 0 amide bonds. The molecule has 1 unspecified atom stereocenters. The summed E-state index contributed by atoms with van der Waals surface area (Å²) in [6, 6.07) is 9.78. The molecule has 2 N–H and O–H groups in total. The molecule has 0 spiro atoms. The van der Waals surface area contributed by atoms with Crippen molar-refractivity contribution in [3.8, 4) is 11.3 Å². The summed E-state index contributed by atoms with van der Waals surface area (Å²) in [5, 5.41) is 12.1. The van der Waals surface area contributed by atoms with Gasteiger partial charge < -0.3 is 10.6 Å². The molecule has 5 nitrogen and oxygen atoms in total. The van der Waals surface area contributed by atoms with Gasteiger partial charge in [-0.05, 0) is 53.8 Å². The molecule has 0 bridgehead atoms. The van der Waals surface area contributed by atoms with Crippen LogP contribution >= 0.6 is 27.5 Å². The van der Waals surface area contributed by atoms with E-state index in [0.717, 1.165) is 46.8 Å². The van der Waals surface area contributed by atoms with Crippen molar-refractivity contribution in [3.63, 3.8) is 0 Å². The monoisotopic (exact) mass is 419 g/mol. The maximum absolute atomic E-state index is 6.37. The molecule has 3 heterocycles. The number of benzene rings is 1. The van der Waals surface area contributed by atoms with E-state index in [1.54, 1.807) is 6.20 Å². The SMILES string of the molecule is Clc1ccccc1-c1cc(NCC2CCCNC2)n2ncc(Br)c2n1. The van der Waals surface area contributed by atoms with E-state index in [4.69, 9.17) is 16.6 Å². The van der Waals surface area contributed by atoms with Crippen LogP contribution in [0, 0.1) is 5.92 Å². The molecule has 1 atom stereocenters. The van der Waals surface area contributed by atoms with E-state index < -0.39 is 0 Å². The summed E-state index contributed by atoms with van der Waals surface area (Å²) >= 11 is 9.91. The van der Waals surface area contributed by atoms with Gasteiger partial charge in [0.25, 0.3) is 0 Å². The summed E-state index contributed by atoms with van der Waals surface area (Å²) in [6.07, 6.45) is 4.25. The molecule has 7 heteroatoms. The molecular formula is C18H19BrClN5. The van der Waals surface area contributed by atoms with Crippen molar-refractivity contribution in [3.05, 3.63) is 46.0 Å². The average Bonchev–Trinajstić information content (AvgIpc) is 3.02. The minimum Gasteiger partial charge on any atom is -0.370 e. The summed E-state index contributed by atoms with van der Waals surface area (Å²) in [6.45, 7) is 3.09. The lowest BCUT2D eigenvalue weighted by molar-refractivity contribution is 0.392. The van der Waals surface area contributed by atoms with Crippen LogP contribution in [0.25, 0.3) is 16.9 Å². The molecule has 2 aromatic heterocycles. The molecular weight excluding hydrogens is 402 g/mol. The van der Waals surface area contributed by atoms with E-state index in [0.29, 0.717) is 10.9 Å². The normalized spacial score (nSPS) is 17.8. The van der Waals surface area contributed by atoms with Crippen LogP contribution in [0.5, 0.6) is 0 Å². The van der Waals surface area contributed by atoms with Gasteiger partial charge >= 0.3 is 0 Å². The standard InChI is InChI=1S/C18H19BrClN5/c19-14-11-23-25-17(22-10-12-4-3-7-21-9-12)8-16(24-18(14)25)13-5-1-2-6-15(13)20/h1-2,5-6,8,11-12,21-22H,3-4,7,9-10H2. The summed E-state index contributed by atoms with van der Waals surface area (Å²) in [5.74, 6) is 1.55. The van der Waals surface area contributed by atoms with Gasteiger partial charge in [0.2, 0.25) is 0 Å². The zero-order chi connectivity index (χ0) is 17.2. The van der Waals surface area contributed by atoms with Crippen LogP contribution in [0.15, 0.2) is 41.0 Å².